The molecule has 0 aromatic heterocycles. The van der Waals surface area contributed by atoms with Crippen molar-refractivity contribution in [2.75, 3.05) is 6.54 Å². The number of hydrogen-bond donors (Lipinski definition) is 1. The highest BCUT2D eigenvalue weighted by Gasteiger charge is 2.22. The molecule has 0 unspecified atom stereocenters. The number of nitrogens with zero attached hydrogens (tertiary/aromatic N) is 1. The van der Waals surface area contributed by atoms with Gasteiger partial charge in [-0.15, -0.1) is 0 Å². The van der Waals surface area contributed by atoms with E-state index in [0.717, 1.165) is 18.2 Å². The molecular weight excluding hydrogens is 238 g/mol. The van der Waals surface area contributed by atoms with E-state index < -0.39 is 26.6 Å². The molecule has 0 aliphatic rings. The van der Waals surface area contributed by atoms with Crippen LogP contribution in [0, 0.1) is 23.0 Å². The van der Waals surface area contributed by atoms with Crippen LogP contribution in [0.15, 0.2) is 23.1 Å². The smallest absolute Gasteiger partial charge is 0.210 e. The highest BCUT2D eigenvalue weighted by Crippen LogP contribution is 2.17. The van der Waals surface area contributed by atoms with Gasteiger partial charge in [-0.1, -0.05) is 6.07 Å². The summed E-state index contributed by atoms with van der Waals surface area (Å²) >= 11 is 0. The number of nitrogens with one attached hydrogen (secondary N) is 1. The zero-order valence-electron chi connectivity index (χ0n) is 8.07. The Morgan fingerprint density at radius 2 is 1.88 bits per heavy atom. The third-order valence-electron chi connectivity index (χ3n) is 1.72. The van der Waals surface area contributed by atoms with E-state index in [4.69, 9.17) is 5.26 Å². The summed E-state index contributed by atoms with van der Waals surface area (Å²) in [7, 11) is -4.24. The molecule has 1 aromatic carbocycles. The molecule has 7 heteroatoms. The molecule has 0 radical (unpaired) electrons. The molecule has 0 bridgehead atoms. The predicted molar refractivity (Wildman–Crippen MR) is 51.8 cm³/mol. The Morgan fingerprint density at radius 3 is 2.38 bits per heavy atom. The van der Waals surface area contributed by atoms with Gasteiger partial charge < -0.3 is 0 Å². The van der Waals surface area contributed by atoms with Gasteiger partial charge in [0.05, 0.1) is 6.07 Å². The Balaban J connectivity index is 3.04. The van der Waals surface area contributed by atoms with Gasteiger partial charge in [0, 0.05) is 13.0 Å². The van der Waals surface area contributed by atoms with Crippen LogP contribution in [0.25, 0.3) is 0 Å². The fourth-order valence-electron chi connectivity index (χ4n) is 1.05. The molecule has 1 aromatic rings. The van der Waals surface area contributed by atoms with Crippen LogP contribution in [0.2, 0.25) is 0 Å². The van der Waals surface area contributed by atoms with E-state index in [1.165, 1.54) is 0 Å². The molecule has 1 rings (SSSR count). The van der Waals surface area contributed by atoms with E-state index in [1.54, 1.807) is 6.07 Å². The van der Waals surface area contributed by atoms with Crippen LogP contribution in [0.5, 0.6) is 0 Å². The molecule has 0 heterocycles. The normalized spacial score (nSPS) is 11.1. The summed E-state index contributed by atoms with van der Waals surface area (Å²) in [6.07, 6.45) is -0.0741. The van der Waals surface area contributed by atoms with Crippen LogP contribution in [0.4, 0.5) is 8.78 Å². The molecule has 0 aliphatic heterocycles. The molecule has 0 fully saturated rings. The van der Waals surface area contributed by atoms with Crippen molar-refractivity contribution >= 4 is 10.0 Å². The van der Waals surface area contributed by atoms with Gasteiger partial charge in [-0.2, -0.15) is 5.26 Å². The molecule has 0 aliphatic carbocycles. The summed E-state index contributed by atoms with van der Waals surface area (Å²) in [5.41, 5.74) is 0. The van der Waals surface area contributed by atoms with Crippen molar-refractivity contribution in [3.8, 4) is 6.07 Å². The minimum absolute atomic E-state index is 0.0741. The first kappa shape index (κ1) is 12.5. The minimum atomic E-state index is -4.24. The van der Waals surface area contributed by atoms with Crippen LogP contribution < -0.4 is 4.72 Å². The first-order valence-electron chi connectivity index (χ1n) is 4.29. The summed E-state index contributed by atoms with van der Waals surface area (Å²) in [5, 5.41) is 8.21. The number of halogens is 2. The third kappa shape index (κ3) is 2.74. The van der Waals surface area contributed by atoms with Gasteiger partial charge in [0.2, 0.25) is 10.0 Å². The topological polar surface area (TPSA) is 70.0 Å². The van der Waals surface area contributed by atoms with Crippen molar-refractivity contribution in [1.29, 1.82) is 5.26 Å². The van der Waals surface area contributed by atoms with E-state index >= 15 is 0 Å². The number of sulfonamides is 1. The third-order valence-corrected chi connectivity index (χ3v) is 3.23. The van der Waals surface area contributed by atoms with Crippen molar-refractivity contribution in [2.24, 2.45) is 0 Å². The summed E-state index contributed by atoms with van der Waals surface area (Å²) in [6.45, 7) is -0.188. The lowest BCUT2D eigenvalue weighted by Crippen LogP contribution is -2.26. The van der Waals surface area contributed by atoms with Crippen LogP contribution in [-0.4, -0.2) is 15.0 Å². The highest BCUT2D eigenvalue weighted by atomic mass is 32.2. The van der Waals surface area contributed by atoms with Gasteiger partial charge in [0.1, 0.15) is 11.6 Å². The second kappa shape index (κ2) is 5.01. The van der Waals surface area contributed by atoms with Crippen LogP contribution in [0.1, 0.15) is 6.42 Å². The van der Waals surface area contributed by atoms with Crippen LogP contribution in [0.3, 0.4) is 0 Å². The lowest BCUT2D eigenvalue weighted by molar-refractivity contribution is 0.514. The van der Waals surface area contributed by atoms with Gasteiger partial charge in [-0.25, -0.2) is 21.9 Å². The Hall–Kier alpha value is -1.52. The maximum atomic E-state index is 13.1. The average Bonchev–Trinajstić information content (AvgIpc) is 2.17. The quantitative estimate of drug-likeness (QED) is 0.810. The zero-order chi connectivity index (χ0) is 12.2. The van der Waals surface area contributed by atoms with Crippen molar-refractivity contribution < 1.29 is 17.2 Å². The van der Waals surface area contributed by atoms with Crippen LogP contribution >= 0.6 is 0 Å². The second-order valence-electron chi connectivity index (χ2n) is 2.86. The lowest BCUT2D eigenvalue weighted by atomic mass is 10.3. The second-order valence-corrected chi connectivity index (χ2v) is 4.56. The molecule has 0 saturated heterocycles. The standard InChI is InChI=1S/C9H8F2N2O2S/c10-7-3-1-4-8(11)9(7)16(14,15)13-6-2-5-12/h1,3-4,13H,2,6H2. The summed E-state index contributed by atoms with van der Waals surface area (Å²) in [4.78, 5) is -1.02. The van der Waals surface area contributed by atoms with E-state index in [1.807, 2.05) is 4.72 Å². The van der Waals surface area contributed by atoms with Crippen molar-refractivity contribution in [2.45, 2.75) is 11.3 Å². The van der Waals surface area contributed by atoms with Crippen molar-refractivity contribution in [1.82, 2.24) is 4.72 Å². The van der Waals surface area contributed by atoms with Gasteiger partial charge in [0.15, 0.2) is 4.90 Å². The number of hydrogen-bond acceptors (Lipinski definition) is 3. The Bertz CT molecular complexity index is 503. The average molecular weight is 246 g/mol. The molecular formula is C9H8F2N2O2S. The van der Waals surface area contributed by atoms with E-state index in [9.17, 15) is 17.2 Å². The molecule has 1 N–H and O–H groups in total. The number of nitriles is 1. The predicted octanol–water partition coefficient (Wildman–Crippen LogP) is 1.16. The molecule has 0 atom stereocenters. The Morgan fingerprint density at radius 1 is 1.31 bits per heavy atom. The van der Waals surface area contributed by atoms with E-state index in [2.05, 4.69) is 0 Å². The SMILES string of the molecule is N#CCCNS(=O)(=O)c1c(F)cccc1F. The largest absolute Gasteiger partial charge is 0.246 e. The highest BCUT2D eigenvalue weighted by molar-refractivity contribution is 7.89. The van der Waals surface area contributed by atoms with Gasteiger partial charge in [0.25, 0.3) is 0 Å². The summed E-state index contributed by atoms with van der Waals surface area (Å²) in [5.74, 6) is -2.33. The van der Waals surface area contributed by atoms with Crippen molar-refractivity contribution in [3.63, 3.8) is 0 Å². The molecule has 0 spiro atoms. The first-order chi connectivity index (χ1) is 7.49. The Kier molecular flexibility index (Phi) is 3.93. The fraction of sp³-hybridized carbons (Fsp3) is 0.222. The summed E-state index contributed by atoms with van der Waals surface area (Å²) in [6, 6.07) is 4.47. The molecule has 0 saturated carbocycles. The van der Waals surface area contributed by atoms with Gasteiger partial charge in [-0.3, -0.25) is 0 Å². The number of benzene rings is 1. The first-order valence-corrected chi connectivity index (χ1v) is 5.78. The maximum absolute atomic E-state index is 13.1. The monoisotopic (exact) mass is 246 g/mol. The maximum Gasteiger partial charge on any atom is 0.246 e. The minimum Gasteiger partial charge on any atom is -0.210 e. The number of rotatable bonds is 4. The Labute approximate surface area is 91.6 Å². The molecule has 4 nitrogen and oxygen atoms in total. The molecule has 86 valence electrons. The summed E-state index contributed by atoms with van der Waals surface area (Å²) < 4.78 is 51.1. The molecule has 16 heavy (non-hydrogen) atoms. The lowest BCUT2D eigenvalue weighted by Gasteiger charge is -2.06. The van der Waals surface area contributed by atoms with Crippen molar-refractivity contribution in [3.05, 3.63) is 29.8 Å². The molecule has 0 amide bonds. The van der Waals surface area contributed by atoms with Gasteiger partial charge in [-0.05, 0) is 12.1 Å². The van der Waals surface area contributed by atoms with Gasteiger partial charge >= 0.3 is 0 Å². The van der Waals surface area contributed by atoms with E-state index in [-0.39, 0.29) is 13.0 Å². The van der Waals surface area contributed by atoms with E-state index in [0.29, 0.717) is 0 Å². The zero-order valence-corrected chi connectivity index (χ0v) is 8.89. The fourth-order valence-corrected chi connectivity index (χ4v) is 2.22. The van der Waals surface area contributed by atoms with Crippen LogP contribution in [-0.2, 0) is 10.0 Å².